The van der Waals surface area contributed by atoms with Gasteiger partial charge in [0, 0.05) is 11.1 Å². The standard InChI is InChI=1S/C9H12O5/c1-5(2)7(10)13-9(12)14-8(11)6(3)4/h9,12H,1,3H2,2,4H3. The maximum Gasteiger partial charge on any atom is 0.362 e. The SMILES string of the molecule is C=C(C)C(=O)OC(O)OC(=O)C(=C)C. The van der Waals surface area contributed by atoms with Crippen LogP contribution >= 0.6 is 0 Å². The van der Waals surface area contributed by atoms with Gasteiger partial charge in [0.2, 0.25) is 0 Å². The molecule has 0 rings (SSSR count). The highest BCUT2D eigenvalue weighted by atomic mass is 16.8. The van der Waals surface area contributed by atoms with Crippen LogP contribution in [-0.4, -0.2) is 23.5 Å². The topological polar surface area (TPSA) is 72.8 Å². The first kappa shape index (κ1) is 12.4. The van der Waals surface area contributed by atoms with Crippen LogP contribution in [0.1, 0.15) is 13.8 Å². The molecule has 0 aromatic carbocycles. The minimum atomic E-state index is -1.93. The molecule has 0 aliphatic rings. The molecule has 0 heterocycles. The minimum Gasteiger partial charge on any atom is -0.397 e. The summed E-state index contributed by atoms with van der Waals surface area (Å²) in [5, 5.41) is 8.92. The zero-order valence-corrected chi connectivity index (χ0v) is 8.07. The quantitative estimate of drug-likeness (QED) is 0.406. The van der Waals surface area contributed by atoms with Gasteiger partial charge in [0.1, 0.15) is 0 Å². The van der Waals surface area contributed by atoms with E-state index in [4.69, 9.17) is 5.11 Å². The van der Waals surface area contributed by atoms with Gasteiger partial charge < -0.3 is 14.6 Å². The van der Waals surface area contributed by atoms with E-state index in [2.05, 4.69) is 22.6 Å². The summed E-state index contributed by atoms with van der Waals surface area (Å²) < 4.78 is 8.53. The fourth-order valence-electron chi connectivity index (χ4n) is 0.408. The number of esters is 2. The molecule has 0 unspecified atom stereocenters. The monoisotopic (exact) mass is 200 g/mol. The molecule has 0 aliphatic heterocycles. The normalized spacial score (nSPS) is 9.43. The van der Waals surface area contributed by atoms with Crippen LogP contribution in [0.25, 0.3) is 0 Å². The third kappa shape index (κ3) is 4.42. The Labute approximate surface area is 81.6 Å². The third-order valence-corrected chi connectivity index (χ3v) is 1.11. The van der Waals surface area contributed by atoms with Gasteiger partial charge in [-0.25, -0.2) is 9.59 Å². The van der Waals surface area contributed by atoms with Gasteiger partial charge in [0.25, 0.3) is 0 Å². The van der Waals surface area contributed by atoms with E-state index in [1.165, 1.54) is 13.8 Å². The van der Waals surface area contributed by atoms with Crippen LogP contribution in [0, 0.1) is 0 Å². The zero-order chi connectivity index (χ0) is 11.3. The van der Waals surface area contributed by atoms with Crippen molar-refractivity contribution in [3.63, 3.8) is 0 Å². The van der Waals surface area contributed by atoms with Gasteiger partial charge in [-0.05, 0) is 13.8 Å². The van der Waals surface area contributed by atoms with Crippen molar-refractivity contribution >= 4 is 11.9 Å². The average molecular weight is 200 g/mol. The number of hydrogen-bond donors (Lipinski definition) is 1. The van der Waals surface area contributed by atoms with Gasteiger partial charge in [-0.2, -0.15) is 0 Å². The van der Waals surface area contributed by atoms with Gasteiger partial charge in [-0.1, -0.05) is 13.2 Å². The predicted molar refractivity (Wildman–Crippen MR) is 47.8 cm³/mol. The molecule has 0 atom stereocenters. The fraction of sp³-hybridized carbons (Fsp3) is 0.333. The fourth-order valence-corrected chi connectivity index (χ4v) is 0.408. The molecule has 14 heavy (non-hydrogen) atoms. The van der Waals surface area contributed by atoms with Gasteiger partial charge in [-0.15, -0.1) is 0 Å². The maximum absolute atomic E-state index is 10.8. The maximum atomic E-state index is 10.8. The van der Waals surface area contributed by atoms with Crippen molar-refractivity contribution in [2.24, 2.45) is 0 Å². The van der Waals surface area contributed by atoms with Gasteiger partial charge >= 0.3 is 18.4 Å². The Morgan fingerprint density at radius 3 is 1.57 bits per heavy atom. The second-order valence-corrected chi connectivity index (χ2v) is 2.68. The first-order valence-corrected chi connectivity index (χ1v) is 3.75. The van der Waals surface area contributed by atoms with Crippen LogP contribution in [0.2, 0.25) is 0 Å². The summed E-state index contributed by atoms with van der Waals surface area (Å²) in [5.41, 5.74) is 0.186. The summed E-state index contributed by atoms with van der Waals surface area (Å²) in [7, 11) is 0. The summed E-state index contributed by atoms with van der Waals surface area (Å²) in [6.45, 7) is 7.43. The first-order valence-electron chi connectivity index (χ1n) is 3.75. The molecule has 0 aliphatic carbocycles. The van der Waals surface area contributed by atoms with Crippen molar-refractivity contribution in [2.75, 3.05) is 0 Å². The highest BCUT2D eigenvalue weighted by Crippen LogP contribution is 2.01. The largest absolute Gasteiger partial charge is 0.397 e. The van der Waals surface area contributed by atoms with Gasteiger partial charge in [0.05, 0.1) is 0 Å². The number of aliphatic hydroxyl groups is 1. The molecule has 0 aromatic rings. The molecule has 0 spiro atoms. The highest BCUT2D eigenvalue weighted by Gasteiger charge is 2.16. The number of ether oxygens (including phenoxy) is 2. The molecule has 78 valence electrons. The summed E-state index contributed by atoms with van der Waals surface area (Å²) in [5.74, 6) is -1.68. The highest BCUT2D eigenvalue weighted by molar-refractivity contribution is 5.88. The lowest BCUT2D eigenvalue weighted by Crippen LogP contribution is -2.24. The van der Waals surface area contributed by atoms with E-state index >= 15 is 0 Å². The molecule has 0 saturated carbocycles. The smallest absolute Gasteiger partial charge is 0.362 e. The molecule has 5 heteroatoms. The van der Waals surface area contributed by atoms with Crippen LogP contribution in [0.3, 0.4) is 0 Å². The summed E-state index contributed by atoms with van der Waals surface area (Å²) >= 11 is 0. The van der Waals surface area contributed by atoms with Gasteiger partial charge in [-0.3, -0.25) is 0 Å². The third-order valence-electron chi connectivity index (χ3n) is 1.11. The molecule has 0 fully saturated rings. The molecule has 0 radical (unpaired) electrons. The van der Waals surface area contributed by atoms with Crippen LogP contribution < -0.4 is 0 Å². The van der Waals surface area contributed by atoms with E-state index in [0.29, 0.717) is 0 Å². The van der Waals surface area contributed by atoms with E-state index < -0.39 is 18.4 Å². The Kier molecular flexibility index (Phi) is 4.58. The molecular weight excluding hydrogens is 188 g/mol. The molecule has 5 nitrogen and oxygen atoms in total. The Balaban J connectivity index is 4.05. The molecule has 0 saturated heterocycles. The number of hydrogen-bond acceptors (Lipinski definition) is 5. The lowest BCUT2D eigenvalue weighted by Gasteiger charge is -2.11. The Bertz CT molecular complexity index is 251. The van der Waals surface area contributed by atoms with Crippen molar-refractivity contribution in [2.45, 2.75) is 20.3 Å². The van der Waals surface area contributed by atoms with Gasteiger partial charge in [0.15, 0.2) is 0 Å². The molecule has 1 N–H and O–H groups in total. The van der Waals surface area contributed by atoms with Crippen molar-refractivity contribution in [1.29, 1.82) is 0 Å². The summed E-state index contributed by atoms with van der Waals surface area (Å²) in [6.07, 6.45) is 0. The van der Waals surface area contributed by atoms with E-state index in [-0.39, 0.29) is 11.1 Å². The van der Waals surface area contributed by atoms with Crippen LogP contribution in [0.4, 0.5) is 0 Å². The van der Waals surface area contributed by atoms with Crippen molar-refractivity contribution < 1.29 is 24.2 Å². The molecule has 0 aromatic heterocycles. The number of rotatable bonds is 4. The minimum absolute atomic E-state index is 0.0930. The Morgan fingerprint density at radius 1 is 1.07 bits per heavy atom. The van der Waals surface area contributed by atoms with Crippen molar-refractivity contribution in [1.82, 2.24) is 0 Å². The second kappa shape index (κ2) is 5.18. The number of aliphatic hydroxyl groups excluding tert-OH is 1. The van der Waals surface area contributed by atoms with Crippen molar-refractivity contribution in [3.05, 3.63) is 24.3 Å². The van der Waals surface area contributed by atoms with E-state index in [1.54, 1.807) is 0 Å². The molecule has 0 amide bonds. The van der Waals surface area contributed by atoms with Crippen LogP contribution in [0.15, 0.2) is 24.3 Å². The molecule has 0 bridgehead atoms. The number of carbonyl (C=O) groups excluding carboxylic acids is 2. The van der Waals surface area contributed by atoms with E-state index in [9.17, 15) is 9.59 Å². The second-order valence-electron chi connectivity index (χ2n) is 2.68. The Hall–Kier alpha value is -1.62. The zero-order valence-electron chi connectivity index (χ0n) is 8.07. The van der Waals surface area contributed by atoms with Crippen LogP contribution in [0.5, 0.6) is 0 Å². The van der Waals surface area contributed by atoms with E-state index in [0.717, 1.165) is 0 Å². The summed E-state index contributed by atoms with van der Waals surface area (Å²) in [6, 6.07) is 0. The molecular formula is C9H12O5. The lowest BCUT2D eigenvalue weighted by molar-refractivity contribution is -0.241. The van der Waals surface area contributed by atoms with Crippen LogP contribution in [-0.2, 0) is 19.1 Å². The first-order chi connectivity index (χ1) is 6.34. The van der Waals surface area contributed by atoms with Crippen molar-refractivity contribution in [3.8, 4) is 0 Å². The Morgan fingerprint density at radius 2 is 1.36 bits per heavy atom. The number of carbonyl (C=O) groups is 2. The lowest BCUT2D eigenvalue weighted by atomic mass is 10.4. The predicted octanol–water partition coefficient (Wildman–Crippen LogP) is 0.501. The summed E-state index contributed by atoms with van der Waals surface area (Å²) in [4.78, 5) is 21.6. The average Bonchev–Trinajstić information content (AvgIpc) is 2.03. The van der Waals surface area contributed by atoms with E-state index in [1.807, 2.05) is 0 Å².